The van der Waals surface area contributed by atoms with Gasteiger partial charge in [0, 0.05) is 32.6 Å². The normalized spacial score (nSPS) is 26.7. The van der Waals surface area contributed by atoms with Gasteiger partial charge in [0.25, 0.3) is 0 Å². The molecule has 0 radical (unpaired) electrons. The Balaban J connectivity index is 1.50. The molecule has 1 aliphatic heterocycles. The van der Waals surface area contributed by atoms with Gasteiger partial charge in [0.15, 0.2) is 0 Å². The van der Waals surface area contributed by atoms with Crippen LogP contribution in [0.1, 0.15) is 25.3 Å². The van der Waals surface area contributed by atoms with Gasteiger partial charge in [-0.15, -0.1) is 0 Å². The predicted octanol–water partition coefficient (Wildman–Crippen LogP) is 1.15. The summed E-state index contributed by atoms with van der Waals surface area (Å²) in [5, 5.41) is 5.67. The lowest BCUT2D eigenvalue weighted by molar-refractivity contribution is -0.125. The van der Waals surface area contributed by atoms with Crippen LogP contribution in [-0.2, 0) is 16.1 Å². The Morgan fingerprint density at radius 2 is 1.96 bits per heavy atom. The smallest absolute Gasteiger partial charge is 0.239 e. The number of amides is 2. The van der Waals surface area contributed by atoms with Crippen molar-refractivity contribution in [2.45, 2.75) is 32.4 Å². The van der Waals surface area contributed by atoms with E-state index in [-0.39, 0.29) is 24.4 Å². The highest BCUT2D eigenvalue weighted by atomic mass is 16.2. The summed E-state index contributed by atoms with van der Waals surface area (Å²) in [6.07, 6.45) is 2.24. The lowest BCUT2D eigenvalue weighted by Crippen LogP contribution is -2.44. The van der Waals surface area contributed by atoms with E-state index in [2.05, 4.69) is 39.8 Å². The van der Waals surface area contributed by atoms with Gasteiger partial charge in [-0.1, -0.05) is 30.3 Å². The number of likely N-dealkylation sites (tertiary alicyclic amines) is 1. The Morgan fingerprint density at radius 3 is 2.70 bits per heavy atom. The maximum absolute atomic E-state index is 11.9. The highest BCUT2D eigenvalue weighted by Crippen LogP contribution is 2.38. The Bertz CT molecular complexity index is 561. The summed E-state index contributed by atoms with van der Waals surface area (Å²) in [5.74, 6) is 0.983. The summed E-state index contributed by atoms with van der Waals surface area (Å²) in [5.41, 5.74) is 1.35. The van der Waals surface area contributed by atoms with Crippen LogP contribution in [0.5, 0.6) is 0 Å². The topological polar surface area (TPSA) is 61.4 Å². The lowest BCUT2D eigenvalue weighted by atomic mass is 9.98. The van der Waals surface area contributed by atoms with Crippen LogP contribution in [0.4, 0.5) is 0 Å². The minimum atomic E-state index is -0.167. The number of rotatable bonds is 5. The Kier molecular flexibility index (Phi) is 4.96. The van der Waals surface area contributed by atoms with Crippen LogP contribution in [0.15, 0.2) is 30.3 Å². The molecule has 1 saturated heterocycles. The third kappa shape index (κ3) is 4.10. The van der Waals surface area contributed by atoms with Crippen LogP contribution in [0.2, 0.25) is 0 Å². The fraction of sp³-hybridized carbons (Fsp3) is 0.556. The predicted molar refractivity (Wildman–Crippen MR) is 88.5 cm³/mol. The van der Waals surface area contributed by atoms with E-state index in [9.17, 15) is 9.59 Å². The molecule has 3 unspecified atom stereocenters. The Morgan fingerprint density at radius 1 is 1.17 bits per heavy atom. The molecule has 1 saturated carbocycles. The Labute approximate surface area is 137 Å². The highest BCUT2D eigenvalue weighted by molar-refractivity contribution is 5.83. The van der Waals surface area contributed by atoms with Crippen LogP contribution in [0, 0.1) is 11.8 Å². The molecule has 5 heteroatoms. The minimum absolute atomic E-state index is 0.0765. The summed E-state index contributed by atoms with van der Waals surface area (Å²) < 4.78 is 0. The SMILES string of the molecule is CC(=O)NCC(=O)NC1CCC2CN(Cc3ccccc3)CC21. The maximum atomic E-state index is 11.9. The zero-order valence-corrected chi connectivity index (χ0v) is 13.6. The van der Waals surface area contributed by atoms with Crippen molar-refractivity contribution in [1.29, 1.82) is 0 Å². The van der Waals surface area contributed by atoms with Crippen LogP contribution in [0.25, 0.3) is 0 Å². The molecule has 3 rings (SSSR count). The first-order valence-electron chi connectivity index (χ1n) is 8.42. The number of hydrogen-bond acceptors (Lipinski definition) is 3. The van der Waals surface area contributed by atoms with Crippen molar-refractivity contribution >= 4 is 11.8 Å². The van der Waals surface area contributed by atoms with Crippen molar-refractivity contribution in [3.05, 3.63) is 35.9 Å². The number of carbonyl (C=O) groups excluding carboxylic acids is 2. The average Bonchev–Trinajstić information content (AvgIpc) is 3.08. The van der Waals surface area contributed by atoms with Crippen molar-refractivity contribution in [2.75, 3.05) is 19.6 Å². The molecular weight excluding hydrogens is 290 g/mol. The molecule has 1 aromatic rings. The molecule has 0 aromatic heterocycles. The number of benzene rings is 1. The monoisotopic (exact) mass is 315 g/mol. The van der Waals surface area contributed by atoms with E-state index >= 15 is 0 Å². The fourth-order valence-corrected chi connectivity index (χ4v) is 3.97. The molecule has 2 N–H and O–H groups in total. The second kappa shape index (κ2) is 7.13. The van der Waals surface area contributed by atoms with Crippen LogP contribution in [-0.4, -0.2) is 42.4 Å². The molecule has 0 bridgehead atoms. The summed E-state index contributed by atoms with van der Waals surface area (Å²) in [4.78, 5) is 25.3. The van der Waals surface area contributed by atoms with Gasteiger partial charge >= 0.3 is 0 Å². The lowest BCUT2D eigenvalue weighted by Gasteiger charge is -2.22. The van der Waals surface area contributed by atoms with E-state index in [1.807, 2.05) is 6.07 Å². The van der Waals surface area contributed by atoms with Crippen molar-refractivity contribution in [3.8, 4) is 0 Å². The van der Waals surface area contributed by atoms with Crippen LogP contribution < -0.4 is 10.6 Å². The zero-order valence-electron chi connectivity index (χ0n) is 13.6. The number of carbonyl (C=O) groups is 2. The maximum Gasteiger partial charge on any atom is 0.239 e. The van der Waals surface area contributed by atoms with E-state index in [0.717, 1.165) is 26.1 Å². The van der Waals surface area contributed by atoms with Gasteiger partial charge in [-0.25, -0.2) is 0 Å². The van der Waals surface area contributed by atoms with E-state index in [4.69, 9.17) is 0 Å². The van der Waals surface area contributed by atoms with E-state index in [1.54, 1.807) is 0 Å². The molecule has 1 heterocycles. The van der Waals surface area contributed by atoms with Crippen LogP contribution in [0.3, 0.4) is 0 Å². The Hall–Kier alpha value is -1.88. The van der Waals surface area contributed by atoms with Gasteiger partial charge < -0.3 is 10.6 Å². The van der Waals surface area contributed by atoms with Crippen molar-refractivity contribution in [2.24, 2.45) is 11.8 Å². The third-order valence-corrected chi connectivity index (χ3v) is 5.03. The molecule has 3 atom stereocenters. The molecule has 5 nitrogen and oxygen atoms in total. The zero-order chi connectivity index (χ0) is 16.2. The summed E-state index contributed by atoms with van der Waals surface area (Å²) in [7, 11) is 0. The van der Waals surface area contributed by atoms with Crippen molar-refractivity contribution in [1.82, 2.24) is 15.5 Å². The molecule has 2 fully saturated rings. The summed E-state index contributed by atoms with van der Waals surface area (Å²) in [6, 6.07) is 10.8. The molecular formula is C18H25N3O2. The molecule has 23 heavy (non-hydrogen) atoms. The standard InChI is InChI=1S/C18H25N3O2/c1-13(22)19-9-18(23)20-17-8-7-15-11-21(12-16(15)17)10-14-5-3-2-4-6-14/h2-6,15-17H,7-12H2,1H3,(H,19,22)(H,20,23). The minimum Gasteiger partial charge on any atom is -0.351 e. The molecule has 1 aromatic carbocycles. The second-order valence-electron chi connectivity index (χ2n) is 6.76. The quantitative estimate of drug-likeness (QED) is 0.857. The van der Waals surface area contributed by atoms with Crippen LogP contribution >= 0.6 is 0 Å². The first-order valence-corrected chi connectivity index (χ1v) is 8.42. The van der Waals surface area contributed by atoms with Crippen molar-refractivity contribution < 1.29 is 9.59 Å². The average molecular weight is 315 g/mol. The first kappa shape index (κ1) is 16.0. The fourth-order valence-electron chi connectivity index (χ4n) is 3.97. The van der Waals surface area contributed by atoms with Gasteiger partial charge in [-0.05, 0) is 30.2 Å². The van der Waals surface area contributed by atoms with Gasteiger partial charge in [-0.2, -0.15) is 0 Å². The van der Waals surface area contributed by atoms with Gasteiger partial charge in [-0.3, -0.25) is 14.5 Å². The number of nitrogens with zero attached hydrogens (tertiary/aromatic N) is 1. The third-order valence-electron chi connectivity index (χ3n) is 5.03. The largest absolute Gasteiger partial charge is 0.351 e. The molecule has 124 valence electrons. The van der Waals surface area contributed by atoms with Gasteiger partial charge in [0.1, 0.15) is 0 Å². The second-order valence-corrected chi connectivity index (χ2v) is 6.76. The molecule has 2 aliphatic rings. The van der Waals surface area contributed by atoms with E-state index in [0.29, 0.717) is 11.8 Å². The molecule has 0 spiro atoms. The molecule has 2 amide bonds. The van der Waals surface area contributed by atoms with E-state index in [1.165, 1.54) is 18.9 Å². The van der Waals surface area contributed by atoms with Gasteiger partial charge in [0.2, 0.25) is 11.8 Å². The highest BCUT2D eigenvalue weighted by Gasteiger charge is 2.42. The number of hydrogen-bond donors (Lipinski definition) is 2. The summed E-state index contributed by atoms with van der Waals surface area (Å²) in [6.45, 7) is 4.66. The van der Waals surface area contributed by atoms with Crippen molar-refractivity contribution in [3.63, 3.8) is 0 Å². The summed E-state index contributed by atoms with van der Waals surface area (Å²) >= 11 is 0. The molecule has 1 aliphatic carbocycles. The number of fused-ring (bicyclic) bond motifs is 1. The number of nitrogens with one attached hydrogen (secondary N) is 2. The van der Waals surface area contributed by atoms with Gasteiger partial charge in [0.05, 0.1) is 6.54 Å². The van der Waals surface area contributed by atoms with E-state index < -0.39 is 0 Å². The first-order chi connectivity index (χ1) is 11.1.